The standard InChI is InChI=1S/C13H20O2/c1-10(2)12(11-9-14-11)15-13(3)7-5-4-6-8-13/h1,4-9H2,2-3H3/b12-11-. The third kappa shape index (κ3) is 2.55. The Labute approximate surface area is 92.0 Å². The van der Waals surface area contributed by atoms with E-state index in [4.69, 9.17) is 9.47 Å². The zero-order chi connectivity index (χ0) is 10.9. The van der Waals surface area contributed by atoms with Crippen molar-refractivity contribution in [2.75, 3.05) is 6.61 Å². The Balaban J connectivity index is 2.05. The maximum absolute atomic E-state index is 6.12. The third-order valence-electron chi connectivity index (χ3n) is 3.19. The van der Waals surface area contributed by atoms with Gasteiger partial charge in [0.15, 0.2) is 11.5 Å². The van der Waals surface area contributed by atoms with Crippen molar-refractivity contribution in [3.63, 3.8) is 0 Å². The van der Waals surface area contributed by atoms with Crippen molar-refractivity contribution in [3.8, 4) is 0 Å². The van der Waals surface area contributed by atoms with E-state index in [2.05, 4.69) is 13.5 Å². The minimum Gasteiger partial charge on any atom is -0.484 e. The lowest BCUT2D eigenvalue weighted by atomic mass is 9.86. The Hall–Kier alpha value is -0.920. The first kappa shape index (κ1) is 10.6. The molecule has 0 aromatic heterocycles. The number of allylic oxidation sites excluding steroid dienone is 1. The molecule has 0 bridgehead atoms. The van der Waals surface area contributed by atoms with E-state index in [1.54, 1.807) is 0 Å². The lowest BCUT2D eigenvalue weighted by Crippen LogP contribution is -2.31. The van der Waals surface area contributed by atoms with E-state index in [1.807, 2.05) is 6.92 Å². The summed E-state index contributed by atoms with van der Waals surface area (Å²) in [4.78, 5) is 0. The molecule has 0 atom stereocenters. The maximum Gasteiger partial charge on any atom is 0.176 e. The first-order chi connectivity index (χ1) is 7.11. The van der Waals surface area contributed by atoms with Gasteiger partial charge in [-0.25, -0.2) is 0 Å². The largest absolute Gasteiger partial charge is 0.484 e. The SMILES string of the molecule is C=C(C)/C(OC1(C)CCCCC1)=C1\CO1. The van der Waals surface area contributed by atoms with E-state index in [9.17, 15) is 0 Å². The van der Waals surface area contributed by atoms with E-state index in [1.165, 1.54) is 19.3 Å². The van der Waals surface area contributed by atoms with Crippen LogP contribution in [0.1, 0.15) is 46.0 Å². The van der Waals surface area contributed by atoms with Crippen LogP contribution in [-0.2, 0) is 9.47 Å². The number of hydrogen-bond donors (Lipinski definition) is 0. The van der Waals surface area contributed by atoms with Crippen molar-refractivity contribution in [2.24, 2.45) is 0 Å². The molecule has 0 aromatic rings. The molecule has 0 aromatic carbocycles. The summed E-state index contributed by atoms with van der Waals surface area (Å²) < 4.78 is 11.3. The Kier molecular flexibility index (Phi) is 2.76. The quantitative estimate of drug-likeness (QED) is 0.522. The number of rotatable bonds is 3. The van der Waals surface area contributed by atoms with Gasteiger partial charge in [0, 0.05) is 0 Å². The second kappa shape index (κ2) is 3.92. The van der Waals surface area contributed by atoms with Crippen molar-refractivity contribution < 1.29 is 9.47 Å². The minimum absolute atomic E-state index is 0.00544. The highest BCUT2D eigenvalue weighted by atomic mass is 16.6. The molecule has 1 saturated carbocycles. The lowest BCUT2D eigenvalue weighted by molar-refractivity contribution is -0.0104. The molecule has 2 rings (SSSR count). The molecular formula is C13H20O2. The molecule has 1 saturated heterocycles. The summed E-state index contributed by atoms with van der Waals surface area (Å²) in [5, 5.41) is 0. The minimum atomic E-state index is 0.00544. The summed E-state index contributed by atoms with van der Waals surface area (Å²) in [5.74, 6) is 1.88. The monoisotopic (exact) mass is 208 g/mol. The third-order valence-corrected chi connectivity index (χ3v) is 3.19. The molecule has 2 aliphatic rings. The van der Waals surface area contributed by atoms with Crippen LogP contribution in [0.5, 0.6) is 0 Å². The van der Waals surface area contributed by atoms with Crippen molar-refractivity contribution in [2.45, 2.75) is 51.6 Å². The lowest BCUT2D eigenvalue weighted by Gasteiger charge is -2.35. The highest BCUT2D eigenvalue weighted by molar-refractivity contribution is 5.28. The first-order valence-corrected chi connectivity index (χ1v) is 5.82. The van der Waals surface area contributed by atoms with Crippen LogP contribution >= 0.6 is 0 Å². The van der Waals surface area contributed by atoms with Crippen molar-refractivity contribution >= 4 is 0 Å². The normalized spacial score (nSPS) is 26.5. The van der Waals surface area contributed by atoms with Crippen molar-refractivity contribution in [3.05, 3.63) is 23.7 Å². The molecule has 1 heterocycles. The molecular weight excluding hydrogens is 188 g/mol. The molecule has 2 heteroatoms. The first-order valence-electron chi connectivity index (χ1n) is 5.82. The van der Waals surface area contributed by atoms with Crippen molar-refractivity contribution in [1.82, 2.24) is 0 Å². The van der Waals surface area contributed by atoms with Gasteiger partial charge in [-0.3, -0.25) is 0 Å². The smallest absolute Gasteiger partial charge is 0.176 e. The number of hydrogen-bond acceptors (Lipinski definition) is 2. The summed E-state index contributed by atoms with van der Waals surface area (Å²) in [6.07, 6.45) is 6.19. The zero-order valence-corrected chi connectivity index (χ0v) is 9.77. The molecule has 2 nitrogen and oxygen atoms in total. The van der Waals surface area contributed by atoms with Gasteiger partial charge in [-0.05, 0) is 45.1 Å². The maximum atomic E-state index is 6.12. The van der Waals surface area contributed by atoms with E-state index < -0.39 is 0 Å². The predicted octanol–water partition coefficient (Wildman–Crippen LogP) is 3.54. The van der Waals surface area contributed by atoms with E-state index >= 15 is 0 Å². The van der Waals surface area contributed by atoms with Crippen LogP contribution in [0, 0.1) is 0 Å². The molecule has 0 unspecified atom stereocenters. The van der Waals surface area contributed by atoms with Gasteiger partial charge in [0.05, 0.1) is 0 Å². The van der Waals surface area contributed by atoms with Crippen molar-refractivity contribution in [1.29, 1.82) is 0 Å². The Morgan fingerprint density at radius 3 is 2.40 bits per heavy atom. The van der Waals surface area contributed by atoms with Crippen LogP contribution < -0.4 is 0 Å². The van der Waals surface area contributed by atoms with E-state index in [0.717, 1.165) is 36.5 Å². The fourth-order valence-corrected chi connectivity index (χ4v) is 2.20. The average molecular weight is 208 g/mol. The van der Waals surface area contributed by atoms with Gasteiger partial charge in [0.25, 0.3) is 0 Å². The Morgan fingerprint density at radius 1 is 1.33 bits per heavy atom. The summed E-state index contributed by atoms with van der Waals surface area (Å²) in [5.41, 5.74) is 0.986. The number of ether oxygens (including phenoxy) is 2. The fourth-order valence-electron chi connectivity index (χ4n) is 2.20. The molecule has 0 spiro atoms. The van der Waals surface area contributed by atoms with Gasteiger partial charge in [0.2, 0.25) is 0 Å². The number of epoxide rings is 1. The molecule has 84 valence electrons. The van der Waals surface area contributed by atoms with Crippen LogP contribution in [0.15, 0.2) is 23.7 Å². The van der Waals surface area contributed by atoms with Gasteiger partial charge in [-0.1, -0.05) is 13.0 Å². The van der Waals surface area contributed by atoms with Crippen LogP contribution in [-0.4, -0.2) is 12.2 Å². The molecule has 0 radical (unpaired) electrons. The molecule has 1 aliphatic heterocycles. The predicted molar refractivity (Wildman–Crippen MR) is 60.4 cm³/mol. The molecule has 0 N–H and O–H groups in total. The van der Waals surface area contributed by atoms with E-state index in [0.29, 0.717) is 0 Å². The average Bonchev–Trinajstić information content (AvgIpc) is 2.98. The molecule has 0 amide bonds. The van der Waals surface area contributed by atoms with Gasteiger partial charge in [-0.15, -0.1) is 0 Å². The summed E-state index contributed by atoms with van der Waals surface area (Å²) in [7, 11) is 0. The van der Waals surface area contributed by atoms with Gasteiger partial charge >= 0.3 is 0 Å². The Morgan fingerprint density at radius 2 is 1.93 bits per heavy atom. The van der Waals surface area contributed by atoms with Crippen LogP contribution in [0.3, 0.4) is 0 Å². The molecule has 1 aliphatic carbocycles. The van der Waals surface area contributed by atoms with Crippen LogP contribution in [0.25, 0.3) is 0 Å². The zero-order valence-electron chi connectivity index (χ0n) is 9.77. The second-order valence-electron chi connectivity index (χ2n) is 4.93. The summed E-state index contributed by atoms with van der Waals surface area (Å²) in [6.45, 7) is 8.86. The van der Waals surface area contributed by atoms with Gasteiger partial charge < -0.3 is 9.47 Å². The second-order valence-corrected chi connectivity index (χ2v) is 4.93. The molecule has 2 fully saturated rings. The van der Waals surface area contributed by atoms with E-state index in [-0.39, 0.29) is 5.60 Å². The highest BCUT2D eigenvalue weighted by Gasteiger charge is 2.33. The van der Waals surface area contributed by atoms with Gasteiger partial charge in [0.1, 0.15) is 12.2 Å². The summed E-state index contributed by atoms with van der Waals surface area (Å²) >= 11 is 0. The fraction of sp³-hybridized carbons (Fsp3) is 0.692. The van der Waals surface area contributed by atoms with Gasteiger partial charge in [-0.2, -0.15) is 0 Å². The highest BCUT2D eigenvalue weighted by Crippen LogP contribution is 2.36. The van der Waals surface area contributed by atoms with Crippen LogP contribution in [0.2, 0.25) is 0 Å². The van der Waals surface area contributed by atoms with Crippen LogP contribution in [0.4, 0.5) is 0 Å². The Bertz CT molecular complexity index is 290. The topological polar surface area (TPSA) is 21.8 Å². The molecule has 15 heavy (non-hydrogen) atoms. The summed E-state index contributed by atoms with van der Waals surface area (Å²) in [6, 6.07) is 0.